The Morgan fingerprint density at radius 1 is 1.17 bits per heavy atom. The van der Waals surface area contributed by atoms with Crippen LogP contribution in [0.15, 0.2) is 11.8 Å². The zero-order valence-corrected chi connectivity index (χ0v) is 8.82. The summed E-state index contributed by atoms with van der Waals surface area (Å²) in [5.74, 6) is 0. The van der Waals surface area contributed by atoms with Crippen LogP contribution in [0.25, 0.3) is 0 Å². The lowest BCUT2D eigenvalue weighted by Crippen LogP contribution is -2.14. The second-order valence-corrected chi connectivity index (χ2v) is 3.13. The van der Waals surface area contributed by atoms with Crippen molar-refractivity contribution in [2.45, 2.75) is 52.9 Å². The second-order valence-electron chi connectivity index (χ2n) is 3.13. The van der Waals surface area contributed by atoms with Gasteiger partial charge in [-0.05, 0) is 19.3 Å². The highest BCUT2D eigenvalue weighted by molar-refractivity contribution is 4.97. The third-order valence-corrected chi connectivity index (χ3v) is 1.96. The molecule has 0 radical (unpaired) electrons. The van der Waals surface area contributed by atoms with Gasteiger partial charge in [-0.25, -0.2) is 0 Å². The van der Waals surface area contributed by atoms with Crippen molar-refractivity contribution in [3.8, 4) is 0 Å². The van der Waals surface area contributed by atoms with Gasteiger partial charge in [-0.3, -0.25) is 0 Å². The fourth-order valence-electron chi connectivity index (χ4n) is 1.21. The van der Waals surface area contributed by atoms with Crippen molar-refractivity contribution >= 4 is 0 Å². The predicted molar refractivity (Wildman–Crippen MR) is 56.2 cm³/mol. The second kappa shape index (κ2) is 8.63. The summed E-state index contributed by atoms with van der Waals surface area (Å²) < 4.78 is 0. The Bertz CT molecular complexity index is 116. The zero-order valence-electron chi connectivity index (χ0n) is 8.82. The monoisotopic (exact) mass is 169 g/mol. The molecule has 0 rings (SSSR count). The highest BCUT2D eigenvalue weighted by Crippen LogP contribution is 1.99. The normalized spacial score (nSPS) is 11.8. The van der Waals surface area contributed by atoms with Gasteiger partial charge in [0.1, 0.15) is 0 Å². The molecule has 1 N–H and O–H groups in total. The Labute approximate surface area is 77.2 Å². The smallest absolute Gasteiger partial charge is 0.0143 e. The number of rotatable bonds is 7. The van der Waals surface area contributed by atoms with Gasteiger partial charge in [0.05, 0.1) is 0 Å². The summed E-state index contributed by atoms with van der Waals surface area (Å²) in [6.45, 7) is 7.77. The molecule has 0 aliphatic heterocycles. The van der Waals surface area contributed by atoms with Crippen LogP contribution in [0.5, 0.6) is 0 Å². The van der Waals surface area contributed by atoms with Gasteiger partial charge >= 0.3 is 0 Å². The topological polar surface area (TPSA) is 12.0 Å². The van der Waals surface area contributed by atoms with Crippen LogP contribution in [0, 0.1) is 0 Å². The van der Waals surface area contributed by atoms with Crippen LogP contribution >= 0.6 is 0 Å². The summed E-state index contributed by atoms with van der Waals surface area (Å²) in [5, 5.41) is 3.47. The van der Waals surface area contributed by atoms with E-state index < -0.39 is 0 Å². The molecule has 0 atom stereocenters. The maximum atomic E-state index is 3.47. The molecule has 0 amide bonds. The van der Waals surface area contributed by atoms with Gasteiger partial charge in [0.25, 0.3) is 0 Å². The number of hydrogen-bond acceptors (Lipinski definition) is 1. The van der Waals surface area contributed by atoms with E-state index >= 15 is 0 Å². The minimum absolute atomic E-state index is 1.14. The largest absolute Gasteiger partial charge is 0.389 e. The number of nitrogens with one attached hydrogen (secondary N) is 1. The van der Waals surface area contributed by atoms with Crippen molar-refractivity contribution in [1.29, 1.82) is 0 Å². The van der Waals surface area contributed by atoms with Crippen LogP contribution < -0.4 is 5.32 Å². The predicted octanol–water partition coefficient (Wildman–Crippen LogP) is 3.47. The molecule has 72 valence electrons. The molecule has 0 heterocycles. The van der Waals surface area contributed by atoms with E-state index in [4.69, 9.17) is 0 Å². The standard InChI is InChI=1S/C11H23N/c1-4-7-8-10-12-11(6-3)9-5-2/h9,12H,4-8,10H2,1-3H3/b11-9+. The fraction of sp³-hybridized carbons (Fsp3) is 0.818. The molecule has 12 heavy (non-hydrogen) atoms. The first kappa shape index (κ1) is 11.5. The molecule has 0 aliphatic carbocycles. The average Bonchev–Trinajstić information content (AvgIpc) is 2.10. The molecule has 0 aromatic heterocycles. The van der Waals surface area contributed by atoms with E-state index in [0.29, 0.717) is 0 Å². The van der Waals surface area contributed by atoms with Gasteiger partial charge in [-0.15, -0.1) is 0 Å². The molecule has 0 fully saturated rings. The zero-order chi connectivity index (χ0) is 9.23. The Morgan fingerprint density at radius 2 is 1.92 bits per heavy atom. The molecule has 0 bridgehead atoms. The van der Waals surface area contributed by atoms with E-state index in [1.54, 1.807) is 0 Å². The highest BCUT2D eigenvalue weighted by atomic mass is 14.9. The van der Waals surface area contributed by atoms with Crippen molar-refractivity contribution in [3.63, 3.8) is 0 Å². The van der Waals surface area contributed by atoms with Crippen LogP contribution in [-0.4, -0.2) is 6.54 Å². The first-order valence-electron chi connectivity index (χ1n) is 5.28. The maximum absolute atomic E-state index is 3.47. The average molecular weight is 169 g/mol. The van der Waals surface area contributed by atoms with Crippen molar-refractivity contribution in [2.75, 3.05) is 6.54 Å². The van der Waals surface area contributed by atoms with Crippen LogP contribution in [0.1, 0.15) is 52.9 Å². The Kier molecular flexibility index (Phi) is 8.30. The number of hydrogen-bond donors (Lipinski definition) is 1. The maximum Gasteiger partial charge on any atom is 0.0143 e. The van der Waals surface area contributed by atoms with Gasteiger partial charge < -0.3 is 5.32 Å². The van der Waals surface area contributed by atoms with Crippen LogP contribution in [-0.2, 0) is 0 Å². The lowest BCUT2D eigenvalue weighted by molar-refractivity contribution is 0.655. The van der Waals surface area contributed by atoms with Crippen molar-refractivity contribution < 1.29 is 0 Å². The summed E-state index contributed by atoms with van der Waals surface area (Å²) in [5.41, 5.74) is 1.41. The quantitative estimate of drug-likeness (QED) is 0.575. The minimum atomic E-state index is 1.14. The molecule has 0 unspecified atom stereocenters. The Balaban J connectivity index is 3.38. The van der Waals surface area contributed by atoms with Crippen LogP contribution in [0.2, 0.25) is 0 Å². The molecular weight excluding hydrogens is 146 g/mol. The third kappa shape index (κ3) is 6.26. The molecule has 1 heteroatoms. The summed E-state index contributed by atoms with van der Waals surface area (Å²) in [6.07, 6.45) is 8.52. The third-order valence-electron chi connectivity index (χ3n) is 1.96. The van der Waals surface area contributed by atoms with Gasteiger partial charge in [-0.2, -0.15) is 0 Å². The molecular formula is C11H23N. The molecule has 0 spiro atoms. The van der Waals surface area contributed by atoms with Gasteiger partial charge in [0, 0.05) is 12.2 Å². The number of allylic oxidation sites excluding steroid dienone is 2. The molecule has 0 aliphatic rings. The molecule has 0 saturated carbocycles. The summed E-state index contributed by atoms with van der Waals surface area (Å²) in [4.78, 5) is 0. The fourth-order valence-corrected chi connectivity index (χ4v) is 1.21. The number of unbranched alkanes of at least 4 members (excludes halogenated alkanes) is 2. The minimum Gasteiger partial charge on any atom is -0.389 e. The van der Waals surface area contributed by atoms with Crippen LogP contribution in [0.4, 0.5) is 0 Å². The van der Waals surface area contributed by atoms with E-state index in [2.05, 4.69) is 32.2 Å². The Hall–Kier alpha value is -0.460. The molecule has 0 aromatic rings. The van der Waals surface area contributed by atoms with Crippen molar-refractivity contribution in [2.24, 2.45) is 0 Å². The van der Waals surface area contributed by atoms with E-state index in [1.165, 1.54) is 25.0 Å². The van der Waals surface area contributed by atoms with Gasteiger partial charge in [0.2, 0.25) is 0 Å². The molecule has 1 nitrogen and oxygen atoms in total. The summed E-state index contributed by atoms with van der Waals surface area (Å²) in [7, 11) is 0. The SMILES string of the molecule is CC/C=C(\CC)NCCCCC. The lowest BCUT2D eigenvalue weighted by Gasteiger charge is -2.07. The summed E-state index contributed by atoms with van der Waals surface area (Å²) >= 11 is 0. The van der Waals surface area contributed by atoms with Gasteiger partial charge in [-0.1, -0.05) is 39.7 Å². The van der Waals surface area contributed by atoms with E-state index in [9.17, 15) is 0 Å². The van der Waals surface area contributed by atoms with Crippen LogP contribution in [0.3, 0.4) is 0 Å². The molecule has 0 aromatic carbocycles. The lowest BCUT2D eigenvalue weighted by atomic mass is 10.2. The first-order chi connectivity index (χ1) is 5.85. The van der Waals surface area contributed by atoms with Crippen molar-refractivity contribution in [3.05, 3.63) is 11.8 Å². The van der Waals surface area contributed by atoms with E-state index in [1.807, 2.05) is 0 Å². The summed E-state index contributed by atoms with van der Waals surface area (Å²) in [6, 6.07) is 0. The first-order valence-corrected chi connectivity index (χ1v) is 5.28. The van der Waals surface area contributed by atoms with Crippen molar-refractivity contribution in [1.82, 2.24) is 5.32 Å². The van der Waals surface area contributed by atoms with Gasteiger partial charge in [0.15, 0.2) is 0 Å². The highest BCUT2D eigenvalue weighted by Gasteiger charge is 1.90. The molecule has 0 saturated heterocycles. The van der Waals surface area contributed by atoms with E-state index in [-0.39, 0.29) is 0 Å². The Morgan fingerprint density at radius 3 is 2.42 bits per heavy atom. The van der Waals surface area contributed by atoms with E-state index in [0.717, 1.165) is 19.4 Å².